The Bertz CT molecular complexity index is 550. The Morgan fingerprint density at radius 1 is 1.19 bits per heavy atom. The van der Waals surface area contributed by atoms with Gasteiger partial charge in [-0.15, -0.1) is 0 Å². The number of hydrogen-bond acceptors (Lipinski definition) is 1. The van der Waals surface area contributed by atoms with Crippen LogP contribution in [0.3, 0.4) is 0 Å². The smallest absolute Gasteiger partial charge is 0.0234 e. The SMILES string of the molecule is C=C(C)/C=C\C=C(/C)c1ccc(CN2CC(C)(C)C2)cc1. The molecular formula is C20H27N. The molecule has 0 aliphatic carbocycles. The zero-order chi connectivity index (χ0) is 15.5. The van der Waals surface area contributed by atoms with Crippen molar-refractivity contribution in [1.82, 2.24) is 4.90 Å². The molecule has 1 fully saturated rings. The molecule has 0 aromatic heterocycles. The number of hydrogen-bond donors (Lipinski definition) is 0. The maximum absolute atomic E-state index is 3.87. The maximum atomic E-state index is 3.87. The molecule has 0 amide bonds. The molecule has 0 N–H and O–H groups in total. The number of allylic oxidation sites excluding steroid dienone is 5. The van der Waals surface area contributed by atoms with Crippen molar-refractivity contribution in [3.63, 3.8) is 0 Å². The van der Waals surface area contributed by atoms with Gasteiger partial charge in [0.1, 0.15) is 0 Å². The van der Waals surface area contributed by atoms with Crippen LogP contribution in [0.25, 0.3) is 5.57 Å². The monoisotopic (exact) mass is 281 g/mol. The van der Waals surface area contributed by atoms with Crippen LogP contribution in [0.5, 0.6) is 0 Å². The number of rotatable bonds is 5. The summed E-state index contributed by atoms with van der Waals surface area (Å²) in [5.41, 5.74) is 5.55. The molecule has 0 saturated carbocycles. The summed E-state index contributed by atoms with van der Waals surface area (Å²) < 4.78 is 0. The van der Waals surface area contributed by atoms with Crippen LogP contribution < -0.4 is 0 Å². The minimum Gasteiger partial charge on any atom is -0.298 e. The van der Waals surface area contributed by atoms with E-state index in [1.807, 2.05) is 13.0 Å². The lowest BCUT2D eigenvalue weighted by Crippen LogP contribution is -2.52. The molecule has 1 aliphatic heterocycles. The van der Waals surface area contributed by atoms with E-state index in [-0.39, 0.29) is 0 Å². The van der Waals surface area contributed by atoms with Crippen LogP contribution in [0, 0.1) is 5.41 Å². The van der Waals surface area contributed by atoms with E-state index in [1.54, 1.807) is 0 Å². The zero-order valence-corrected chi connectivity index (χ0v) is 13.8. The standard InChI is InChI=1S/C20H27N/c1-16(2)7-6-8-17(3)19-11-9-18(10-12-19)13-21-14-20(4,5)15-21/h6-12H,1,13-15H2,2-5H3/b7-6-,17-8+. The average molecular weight is 281 g/mol. The molecule has 112 valence electrons. The quantitative estimate of drug-likeness (QED) is 0.682. The summed E-state index contributed by atoms with van der Waals surface area (Å²) in [7, 11) is 0. The van der Waals surface area contributed by atoms with Crippen LogP contribution in [-0.4, -0.2) is 18.0 Å². The van der Waals surface area contributed by atoms with Gasteiger partial charge in [-0.25, -0.2) is 0 Å². The Balaban J connectivity index is 1.94. The number of nitrogens with zero attached hydrogens (tertiary/aromatic N) is 1. The molecule has 0 atom stereocenters. The van der Waals surface area contributed by atoms with Gasteiger partial charge in [0.25, 0.3) is 0 Å². The highest BCUT2D eigenvalue weighted by atomic mass is 15.2. The van der Waals surface area contributed by atoms with Crippen LogP contribution in [0.4, 0.5) is 0 Å². The van der Waals surface area contributed by atoms with Gasteiger partial charge in [0.15, 0.2) is 0 Å². The molecule has 0 spiro atoms. The summed E-state index contributed by atoms with van der Waals surface area (Å²) in [6.45, 7) is 16.2. The van der Waals surface area contributed by atoms with Gasteiger partial charge in [-0.1, -0.05) is 68.5 Å². The van der Waals surface area contributed by atoms with E-state index in [0.29, 0.717) is 5.41 Å². The third kappa shape index (κ3) is 4.71. The minimum absolute atomic E-state index is 0.509. The van der Waals surface area contributed by atoms with Crippen molar-refractivity contribution in [2.24, 2.45) is 5.41 Å². The molecule has 1 aliphatic rings. The van der Waals surface area contributed by atoms with Crippen LogP contribution >= 0.6 is 0 Å². The summed E-state index contributed by atoms with van der Waals surface area (Å²) in [6.07, 6.45) is 6.23. The van der Waals surface area contributed by atoms with Gasteiger partial charge in [-0.05, 0) is 36.0 Å². The van der Waals surface area contributed by atoms with E-state index in [0.717, 1.165) is 12.1 Å². The summed E-state index contributed by atoms with van der Waals surface area (Å²) in [5, 5.41) is 0. The average Bonchev–Trinajstić information content (AvgIpc) is 2.37. The van der Waals surface area contributed by atoms with Gasteiger partial charge in [-0.2, -0.15) is 0 Å². The van der Waals surface area contributed by atoms with Crippen molar-refractivity contribution in [3.8, 4) is 0 Å². The molecule has 1 heteroatoms. The highest BCUT2D eigenvalue weighted by molar-refractivity contribution is 5.65. The second-order valence-electron chi connectivity index (χ2n) is 7.06. The molecule has 2 rings (SSSR count). The lowest BCUT2D eigenvalue weighted by molar-refractivity contribution is 0.0242. The first-order valence-electron chi connectivity index (χ1n) is 7.68. The van der Waals surface area contributed by atoms with Crippen LogP contribution in [0.2, 0.25) is 0 Å². The van der Waals surface area contributed by atoms with E-state index < -0.39 is 0 Å². The van der Waals surface area contributed by atoms with E-state index in [1.165, 1.54) is 29.8 Å². The molecular weight excluding hydrogens is 254 g/mol. The topological polar surface area (TPSA) is 3.24 Å². The fourth-order valence-corrected chi connectivity index (χ4v) is 2.86. The molecule has 1 aromatic carbocycles. The van der Waals surface area contributed by atoms with Gasteiger partial charge < -0.3 is 0 Å². The first-order chi connectivity index (χ1) is 9.85. The Kier molecular flexibility index (Phi) is 4.84. The number of benzene rings is 1. The van der Waals surface area contributed by atoms with Crippen LogP contribution in [0.1, 0.15) is 38.8 Å². The van der Waals surface area contributed by atoms with E-state index >= 15 is 0 Å². The lowest BCUT2D eigenvalue weighted by Gasteiger charge is -2.46. The Morgan fingerprint density at radius 3 is 2.33 bits per heavy atom. The maximum Gasteiger partial charge on any atom is 0.0234 e. The minimum atomic E-state index is 0.509. The molecule has 0 radical (unpaired) electrons. The lowest BCUT2D eigenvalue weighted by atomic mass is 9.84. The molecule has 1 saturated heterocycles. The van der Waals surface area contributed by atoms with Crippen molar-refractivity contribution in [1.29, 1.82) is 0 Å². The predicted octanol–water partition coefficient (Wildman–Crippen LogP) is 5.06. The van der Waals surface area contributed by atoms with Gasteiger partial charge in [-0.3, -0.25) is 4.90 Å². The Hall–Kier alpha value is -1.60. The highest BCUT2D eigenvalue weighted by Gasteiger charge is 2.33. The summed E-state index contributed by atoms with van der Waals surface area (Å²) in [5.74, 6) is 0. The first-order valence-corrected chi connectivity index (χ1v) is 7.68. The Morgan fingerprint density at radius 2 is 1.81 bits per heavy atom. The normalized spacial score (nSPS) is 18.8. The fraction of sp³-hybridized carbons (Fsp3) is 0.400. The number of likely N-dealkylation sites (tertiary alicyclic amines) is 1. The summed E-state index contributed by atoms with van der Waals surface area (Å²) >= 11 is 0. The van der Waals surface area contributed by atoms with Crippen molar-refractivity contribution in [2.45, 2.75) is 34.2 Å². The van der Waals surface area contributed by atoms with E-state index in [2.05, 4.69) is 68.7 Å². The Labute approximate surface area is 129 Å². The van der Waals surface area contributed by atoms with Gasteiger partial charge >= 0.3 is 0 Å². The van der Waals surface area contributed by atoms with E-state index in [4.69, 9.17) is 0 Å². The van der Waals surface area contributed by atoms with Gasteiger partial charge in [0.05, 0.1) is 0 Å². The highest BCUT2D eigenvalue weighted by Crippen LogP contribution is 2.30. The van der Waals surface area contributed by atoms with Crippen LogP contribution in [0.15, 0.2) is 54.6 Å². The second kappa shape index (κ2) is 6.44. The van der Waals surface area contributed by atoms with Crippen molar-refractivity contribution >= 4 is 5.57 Å². The summed E-state index contributed by atoms with van der Waals surface area (Å²) in [4.78, 5) is 2.51. The van der Waals surface area contributed by atoms with Gasteiger partial charge in [0.2, 0.25) is 0 Å². The summed E-state index contributed by atoms with van der Waals surface area (Å²) in [6, 6.07) is 8.95. The van der Waals surface area contributed by atoms with Gasteiger partial charge in [0, 0.05) is 19.6 Å². The largest absolute Gasteiger partial charge is 0.298 e. The molecule has 1 heterocycles. The molecule has 1 aromatic rings. The molecule has 0 bridgehead atoms. The first kappa shape index (κ1) is 15.8. The third-order valence-corrected chi connectivity index (χ3v) is 3.85. The van der Waals surface area contributed by atoms with E-state index in [9.17, 15) is 0 Å². The van der Waals surface area contributed by atoms with Crippen molar-refractivity contribution in [3.05, 3.63) is 65.8 Å². The molecule has 1 nitrogen and oxygen atoms in total. The third-order valence-electron chi connectivity index (χ3n) is 3.85. The molecule has 0 unspecified atom stereocenters. The predicted molar refractivity (Wildman–Crippen MR) is 93.1 cm³/mol. The van der Waals surface area contributed by atoms with Crippen LogP contribution in [-0.2, 0) is 6.54 Å². The second-order valence-corrected chi connectivity index (χ2v) is 7.06. The van der Waals surface area contributed by atoms with Crippen molar-refractivity contribution < 1.29 is 0 Å². The van der Waals surface area contributed by atoms with Crippen molar-refractivity contribution in [2.75, 3.05) is 13.1 Å². The fourth-order valence-electron chi connectivity index (χ4n) is 2.86. The zero-order valence-electron chi connectivity index (χ0n) is 13.8. The molecule has 21 heavy (non-hydrogen) atoms.